The molecule has 86 heavy (non-hydrogen) atoms. The lowest BCUT2D eigenvalue weighted by atomic mass is 10.00. The summed E-state index contributed by atoms with van der Waals surface area (Å²) in [4.78, 5) is 72.3. The van der Waals surface area contributed by atoms with E-state index in [0.717, 1.165) is 120 Å². The number of aliphatic hydroxyl groups is 1. The molecule has 0 aliphatic carbocycles. The van der Waals surface area contributed by atoms with Gasteiger partial charge < -0.3 is 33.8 Å². The molecule has 0 fully saturated rings. The maximum atomic E-state index is 13.0. The molecule has 0 aliphatic rings. The standard InChI is InChI=1S/C67H130O17P2/c1-9-59(7)45-37-29-23-25-31-39-47-64(69)77-53-62(83-66(71)49-41-33-21-17-15-13-11-12-14-16-19-27-35-43-57(3)4)55-81-85(73,74)79-51-61(68)52-80-86(75,76)82-56-63(84-67(72)50-42-34-22-18-20-28-36-44-58(5)6)54-78-65(70)48-40-32-26-24-30-38-46-60(8)10-2/h57-63,68H,9-56H2,1-8H3,(H,73,74)(H,75,76)/t59?,60?,61-,62-,63-/m1/s1. The highest BCUT2D eigenvalue weighted by Crippen LogP contribution is 2.45. The van der Waals surface area contributed by atoms with Crippen LogP contribution in [0.5, 0.6) is 0 Å². The molecule has 0 amide bonds. The summed E-state index contributed by atoms with van der Waals surface area (Å²) < 4.78 is 68.1. The summed E-state index contributed by atoms with van der Waals surface area (Å²) in [6, 6.07) is 0. The minimum atomic E-state index is -4.95. The largest absolute Gasteiger partial charge is 0.472 e. The van der Waals surface area contributed by atoms with Gasteiger partial charge in [0.1, 0.15) is 19.3 Å². The molecule has 510 valence electrons. The van der Waals surface area contributed by atoms with Crippen LogP contribution in [-0.2, 0) is 65.4 Å². The van der Waals surface area contributed by atoms with Gasteiger partial charge in [-0.25, -0.2) is 9.13 Å². The molecule has 4 unspecified atom stereocenters. The van der Waals surface area contributed by atoms with E-state index in [2.05, 4.69) is 55.4 Å². The van der Waals surface area contributed by atoms with Crippen molar-refractivity contribution in [1.82, 2.24) is 0 Å². The lowest BCUT2D eigenvalue weighted by Gasteiger charge is -2.21. The van der Waals surface area contributed by atoms with E-state index in [-0.39, 0.29) is 25.7 Å². The van der Waals surface area contributed by atoms with Crippen LogP contribution in [0.3, 0.4) is 0 Å². The number of carbonyl (C=O) groups excluding carboxylic acids is 4. The number of esters is 4. The maximum Gasteiger partial charge on any atom is 0.472 e. The van der Waals surface area contributed by atoms with Gasteiger partial charge in [-0.2, -0.15) is 0 Å². The molecule has 7 atom stereocenters. The Hall–Kier alpha value is -1.94. The highest BCUT2D eigenvalue weighted by atomic mass is 31.2. The van der Waals surface area contributed by atoms with Gasteiger partial charge in [0.15, 0.2) is 12.2 Å². The van der Waals surface area contributed by atoms with Gasteiger partial charge >= 0.3 is 39.5 Å². The van der Waals surface area contributed by atoms with Crippen molar-refractivity contribution in [3.8, 4) is 0 Å². The summed E-state index contributed by atoms with van der Waals surface area (Å²) in [7, 11) is -9.90. The SMILES string of the molecule is CCC(C)CCCCCCCCC(=O)OC[C@H](COP(=O)(O)OC[C@@H](O)COP(=O)(O)OC[C@@H](COC(=O)CCCCCCCCC(C)CC)OC(=O)CCCCCCCCCC(C)C)OC(=O)CCCCCCCCCCCCCCCC(C)C. The van der Waals surface area contributed by atoms with E-state index in [1.54, 1.807) is 0 Å². The smallest absolute Gasteiger partial charge is 0.462 e. The molecule has 3 N–H and O–H groups in total. The Morgan fingerprint density at radius 2 is 0.558 bits per heavy atom. The Morgan fingerprint density at radius 3 is 0.826 bits per heavy atom. The molecule has 17 nitrogen and oxygen atoms in total. The number of rotatable bonds is 64. The van der Waals surface area contributed by atoms with E-state index >= 15 is 0 Å². The second-order valence-electron chi connectivity index (χ2n) is 25.6. The van der Waals surface area contributed by atoms with Crippen LogP contribution in [-0.4, -0.2) is 96.7 Å². The van der Waals surface area contributed by atoms with Gasteiger partial charge in [-0.1, -0.05) is 274 Å². The average Bonchev–Trinajstić information content (AvgIpc) is 3.65. The Balaban J connectivity index is 5.24. The third-order valence-corrected chi connectivity index (χ3v) is 17.9. The van der Waals surface area contributed by atoms with Gasteiger partial charge in [-0.05, 0) is 49.4 Å². The van der Waals surface area contributed by atoms with E-state index in [0.29, 0.717) is 31.6 Å². The van der Waals surface area contributed by atoms with Gasteiger partial charge in [0.05, 0.1) is 26.4 Å². The van der Waals surface area contributed by atoms with Gasteiger partial charge in [0.25, 0.3) is 0 Å². The van der Waals surface area contributed by atoms with Crippen molar-refractivity contribution in [2.24, 2.45) is 23.7 Å². The number of unbranched alkanes of at least 4 members (excludes halogenated alkanes) is 28. The van der Waals surface area contributed by atoms with Crippen molar-refractivity contribution in [3.63, 3.8) is 0 Å². The molecule has 0 rings (SSSR count). The van der Waals surface area contributed by atoms with Crippen LogP contribution in [0.15, 0.2) is 0 Å². The number of carbonyl (C=O) groups is 4. The van der Waals surface area contributed by atoms with Crippen molar-refractivity contribution in [3.05, 3.63) is 0 Å². The molecule has 0 heterocycles. The summed E-state index contributed by atoms with van der Waals surface area (Å²) in [5.74, 6) is 0.806. The first-order valence-corrected chi connectivity index (χ1v) is 37.8. The fourth-order valence-electron chi connectivity index (χ4n) is 9.89. The summed E-state index contributed by atoms with van der Waals surface area (Å²) in [5.41, 5.74) is 0. The maximum absolute atomic E-state index is 13.0. The minimum Gasteiger partial charge on any atom is -0.462 e. The Bertz CT molecular complexity index is 1720. The first-order chi connectivity index (χ1) is 41.2. The topological polar surface area (TPSA) is 237 Å². The molecular weight excluding hydrogens is 1140 g/mol. The number of ether oxygens (including phenoxy) is 4. The lowest BCUT2D eigenvalue weighted by Crippen LogP contribution is -2.30. The van der Waals surface area contributed by atoms with E-state index in [4.69, 9.17) is 37.0 Å². The van der Waals surface area contributed by atoms with Gasteiger partial charge in [0, 0.05) is 25.7 Å². The van der Waals surface area contributed by atoms with Crippen LogP contribution in [0.25, 0.3) is 0 Å². The van der Waals surface area contributed by atoms with Crippen LogP contribution in [0.2, 0.25) is 0 Å². The third-order valence-electron chi connectivity index (χ3n) is 16.0. The van der Waals surface area contributed by atoms with Crippen LogP contribution in [0.1, 0.15) is 325 Å². The van der Waals surface area contributed by atoms with Crippen LogP contribution in [0, 0.1) is 23.7 Å². The van der Waals surface area contributed by atoms with Crippen LogP contribution >= 0.6 is 15.6 Å². The Labute approximate surface area is 524 Å². The number of phosphoric acid groups is 2. The van der Waals surface area contributed by atoms with Crippen molar-refractivity contribution < 1.29 is 80.2 Å². The number of aliphatic hydroxyl groups excluding tert-OH is 1. The van der Waals surface area contributed by atoms with Crippen LogP contribution < -0.4 is 0 Å². The molecule has 0 saturated carbocycles. The molecule has 0 aromatic carbocycles. The zero-order chi connectivity index (χ0) is 63.9. The molecule has 0 spiro atoms. The van der Waals surface area contributed by atoms with E-state index < -0.39 is 97.5 Å². The quantitative estimate of drug-likeness (QED) is 0.0222. The van der Waals surface area contributed by atoms with Crippen molar-refractivity contribution in [2.75, 3.05) is 39.6 Å². The highest BCUT2D eigenvalue weighted by molar-refractivity contribution is 7.47. The van der Waals surface area contributed by atoms with Gasteiger partial charge in [-0.15, -0.1) is 0 Å². The molecule has 19 heteroatoms. The van der Waals surface area contributed by atoms with E-state index in [1.165, 1.54) is 116 Å². The predicted octanol–water partition coefficient (Wildman–Crippen LogP) is 18.5. The monoisotopic (exact) mass is 1270 g/mol. The zero-order valence-electron chi connectivity index (χ0n) is 55.9. The Kier molecular flexibility index (Phi) is 55.7. The number of phosphoric ester groups is 2. The Morgan fingerprint density at radius 1 is 0.326 bits per heavy atom. The first kappa shape index (κ1) is 84.1. The molecule has 0 aromatic heterocycles. The molecule has 0 bridgehead atoms. The van der Waals surface area contributed by atoms with E-state index in [1.807, 2.05) is 0 Å². The summed E-state index contributed by atoms with van der Waals surface area (Å²) in [6.45, 7) is 14.0. The second kappa shape index (κ2) is 57.0. The van der Waals surface area contributed by atoms with E-state index in [9.17, 15) is 43.2 Å². The molecule has 0 aliphatic heterocycles. The normalized spacial score (nSPS) is 15.0. The summed E-state index contributed by atoms with van der Waals surface area (Å²) in [5, 5.41) is 10.6. The summed E-state index contributed by atoms with van der Waals surface area (Å²) in [6.07, 6.45) is 37.7. The fraction of sp³-hybridized carbons (Fsp3) is 0.940. The van der Waals surface area contributed by atoms with Crippen LogP contribution in [0.4, 0.5) is 0 Å². The molecule has 0 saturated heterocycles. The minimum absolute atomic E-state index is 0.102. The first-order valence-electron chi connectivity index (χ1n) is 34.8. The van der Waals surface area contributed by atoms with Crippen molar-refractivity contribution in [2.45, 2.75) is 343 Å². The zero-order valence-corrected chi connectivity index (χ0v) is 57.7. The number of hydrogen-bond acceptors (Lipinski definition) is 15. The second-order valence-corrected chi connectivity index (χ2v) is 28.6. The third kappa shape index (κ3) is 58.4. The molecular formula is C67H130O17P2. The van der Waals surface area contributed by atoms with Gasteiger partial charge in [-0.3, -0.25) is 37.3 Å². The summed E-state index contributed by atoms with van der Waals surface area (Å²) >= 11 is 0. The average molecular weight is 1270 g/mol. The predicted molar refractivity (Wildman–Crippen MR) is 344 cm³/mol. The highest BCUT2D eigenvalue weighted by Gasteiger charge is 2.30. The van der Waals surface area contributed by atoms with Crippen molar-refractivity contribution in [1.29, 1.82) is 0 Å². The number of hydrogen-bond donors (Lipinski definition) is 3. The lowest BCUT2D eigenvalue weighted by molar-refractivity contribution is -0.161. The van der Waals surface area contributed by atoms with Gasteiger partial charge in [0.2, 0.25) is 0 Å². The fourth-order valence-corrected chi connectivity index (χ4v) is 11.5. The molecule has 0 aromatic rings. The molecule has 0 radical (unpaired) electrons. The van der Waals surface area contributed by atoms with Crippen molar-refractivity contribution >= 4 is 39.5 Å².